The topological polar surface area (TPSA) is 44.5 Å². The first kappa shape index (κ1) is 11.7. The molecule has 1 aliphatic carbocycles. The molecular formula is C14H23NO2. The maximum atomic E-state index is 6.08. The molecule has 0 amide bonds. The summed E-state index contributed by atoms with van der Waals surface area (Å²) in [4.78, 5) is 0. The van der Waals surface area contributed by atoms with Crippen molar-refractivity contribution in [3.05, 3.63) is 11.1 Å². The normalized spacial score (nSPS) is 37.6. The third-order valence-corrected chi connectivity index (χ3v) is 4.58. The average Bonchev–Trinajstić information content (AvgIpc) is 2.77. The van der Waals surface area contributed by atoms with Gasteiger partial charge in [-0.25, -0.2) is 0 Å². The predicted molar refractivity (Wildman–Crippen MR) is 66.8 cm³/mol. The molecule has 0 bridgehead atoms. The Labute approximate surface area is 103 Å². The van der Waals surface area contributed by atoms with Crippen LogP contribution in [0.5, 0.6) is 0 Å². The summed E-state index contributed by atoms with van der Waals surface area (Å²) in [7, 11) is 0. The Hall–Kier alpha value is -0.380. The zero-order valence-corrected chi connectivity index (χ0v) is 10.5. The summed E-state index contributed by atoms with van der Waals surface area (Å²) in [6.07, 6.45) is 7.93. The maximum absolute atomic E-state index is 6.08. The Balaban J connectivity index is 1.75. The van der Waals surface area contributed by atoms with E-state index in [9.17, 15) is 0 Å². The molecule has 2 saturated heterocycles. The van der Waals surface area contributed by atoms with Gasteiger partial charge in [-0.3, -0.25) is 0 Å². The van der Waals surface area contributed by atoms with E-state index in [1.807, 2.05) is 0 Å². The van der Waals surface area contributed by atoms with E-state index in [-0.39, 0.29) is 5.60 Å². The lowest BCUT2D eigenvalue weighted by Crippen LogP contribution is -2.42. The zero-order valence-electron chi connectivity index (χ0n) is 10.5. The Morgan fingerprint density at radius 2 is 1.88 bits per heavy atom. The van der Waals surface area contributed by atoms with Gasteiger partial charge < -0.3 is 15.2 Å². The van der Waals surface area contributed by atoms with Crippen molar-refractivity contribution in [2.75, 3.05) is 19.8 Å². The van der Waals surface area contributed by atoms with E-state index in [4.69, 9.17) is 15.2 Å². The largest absolute Gasteiger partial charge is 0.381 e. The van der Waals surface area contributed by atoms with Crippen molar-refractivity contribution in [3.8, 4) is 0 Å². The van der Waals surface area contributed by atoms with Gasteiger partial charge in [-0.15, -0.1) is 0 Å². The van der Waals surface area contributed by atoms with Crippen molar-refractivity contribution in [1.82, 2.24) is 0 Å². The van der Waals surface area contributed by atoms with E-state index in [0.717, 1.165) is 51.9 Å². The van der Waals surface area contributed by atoms with Crippen molar-refractivity contribution in [1.29, 1.82) is 0 Å². The van der Waals surface area contributed by atoms with Crippen molar-refractivity contribution in [2.45, 2.75) is 56.6 Å². The Kier molecular flexibility index (Phi) is 3.24. The lowest BCUT2D eigenvalue weighted by molar-refractivity contribution is -0.121. The van der Waals surface area contributed by atoms with Crippen molar-refractivity contribution in [2.24, 2.45) is 5.73 Å². The van der Waals surface area contributed by atoms with Gasteiger partial charge in [0.2, 0.25) is 0 Å². The van der Waals surface area contributed by atoms with Crippen LogP contribution in [0.25, 0.3) is 0 Å². The highest BCUT2D eigenvalue weighted by Gasteiger charge is 2.38. The monoisotopic (exact) mass is 237 g/mol. The lowest BCUT2D eigenvalue weighted by Gasteiger charge is -2.41. The van der Waals surface area contributed by atoms with Crippen LogP contribution in [0, 0.1) is 0 Å². The fourth-order valence-electron chi connectivity index (χ4n) is 3.49. The second-order valence-corrected chi connectivity index (χ2v) is 5.78. The minimum atomic E-state index is 0.103. The molecule has 3 rings (SSSR count). The second kappa shape index (κ2) is 4.71. The van der Waals surface area contributed by atoms with Crippen molar-refractivity contribution < 1.29 is 9.47 Å². The van der Waals surface area contributed by atoms with E-state index < -0.39 is 0 Å². The van der Waals surface area contributed by atoms with Crippen LogP contribution in [-0.4, -0.2) is 31.5 Å². The van der Waals surface area contributed by atoms with Crippen LogP contribution in [0.4, 0.5) is 0 Å². The summed E-state index contributed by atoms with van der Waals surface area (Å²) in [5.74, 6) is 0. The second-order valence-electron chi connectivity index (χ2n) is 5.78. The summed E-state index contributed by atoms with van der Waals surface area (Å²) in [5.41, 5.74) is 9.42. The molecule has 3 heteroatoms. The molecule has 96 valence electrons. The average molecular weight is 237 g/mol. The summed E-state index contributed by atoms with van der Waals surface area (Å²) in [5, 5.41) is 0. The standard InChI is InChI=1S/C14H23NO2/c15-13-2-1-11(9-13)12-3-6-17-14(10-12)4-7-16-8-5-14/h13H,1-10,15H2. The number of hydrogen-bond donors (Lipinski definition) is 1. The molecule has 2 heterocycles. The van der Waals surface area contributed by atoms with Gasteiger partial charge in [0.25, 0.3) is 0 Å². The smallest absolute Gasteiger partial charge is 0.0763 e. The molecule has 1 spiro atoms. The van der Waals surface area contributed by atoms with Gasteiger partial charge in [0.1, 0.15) is 0 Å². The molecule has 17 heavy (non-hydrogen) atoms. The van der Waals surface area contributed by atoms with Crippen LogP contribution in [0.3, 0.4) is 0 Å². The third kappa shape index (κ3) is 2.42. The molecular weight excluding hydrogens is 214 g/mol. The highest BCUT2D eigenvalue weighted by atomic mass is 16.5. The van der Waals surface area contributed by atoms with E-state index in [2.05, 4.69) is 0 Å². The van der Waals surface area contributed by atoms with Crippen LogP contribution < -0.4 is 5.73 Å². The molecule has 1 atom stereocenters. The molecule has 1 unspecified atom stereocenters. The first-order valence-corrected chi connectivity index (χ1v) is 6.94. The van der Waals surface area contributed by atoms with Gasteiger partial charge in [-0.05, 0) is 32.1 Å². The first-order valence-electron chi connectivity index (χ1n) is 6.94. The minimum Gasteiger partial charge on any atom is -0.381 e. The van der Waals surface area contributed by atoms with Crippen LogP contribution in [0.15, 0.2) is 11.1 Å². The number of rotatable bonds is 0. The third-order valence-electron chi connectivity index (χ3n) is 4.58. The van der Waals surface area contributed by atoms with Gasteiger partial charge in [0, 0.05) is 32.1 Å². The van der Waals surface area contributed by atoms with Gasteiger partial charge in [0.15, 0.2) is 0 Å². The van der Waals surface area contributed by atoms with Gasteiger partial charge >= 0.3 is 0 Å². The highest BCUT2D eigenvalue weighted by Crippen LogP contribution is 2.40. The van der Waals surface area contributed by atoms with Crippen LogP contribution in [0.2, 0.25) is 0 Å². The number of nitrogens with two attached hydrogens (primary N) is 1. The minimum absolute atomic E-state index is 0.103. The number of ether oxygens (including phenoxy) is 2. The first-order chi connectivity index (χ1) is 8.27. The fraction of sp³-hybridized carbons (Fsp3) is 0.857. The summed E-state index contributed by atoms with van der Waals surface area (Å²) in [6, 6.07) is 0.408. The molecule has 3 nitrogen and oxygen atoms in total. The van der Waals surface area contributed by atoms with E-state index in [0.29, 0.717) is 6.04 Å². The summed E-state index contributed by atoms with van der Waals surface area (Å²) < 4.78 is 11.5. The van der Waals surface area contributed by atoms with E-state index in [1.54, 1.807) is 11.1 Å². The van der Waals surface area contributed by atoms with Gasteiger partial charge in [-0.1, -0.05) is 11.1 Å². The van der Waals surface area contributed by atoms with Crippen molar-refractivity contribution in [3.63, 3.8) is 0 Å². The zero-order chi connectivity index (χ0) is 11.7. The quantitative estimate of drug-likeness (QED) is 0.657. The Morgan fingerprint density at radius 1 is 1.06 bits per heavy atom. The molecule has 1 saturated carbocycles. The summed E-state index contributed by atoms with van der Waals surface area (Å²) in [6.45, 7) is 2.62. The van der Waals surface area contributed by atoms with Crippen LogP contribution in [0.1, 0.15) is 44.9 Å². The van der Waals surface area contributed by atoms with E-state index >= 15 is 0 Å². The van der Waals surface area contributed by atoms with Crippen LogP contribution >= 0.6 is 0 Å². The fourth-order valence-corrected chi connectivity index (χ4v) is 3.49. The molecule has 0 aromatic heterocycles. The van der Waals surface area contributed by atoms with E-state index in [1.165, 1.54) is 12.8 Å². The van der Waals surface area contributed by atoms with Gasteiger partial charge in [0.05, 0.1) is 12.2 Å². The predicted octanol–water partition coefficient (Wildman–Crippen LogP) is 2.15. The molecule has 2 aliphatic heterocycles. The Morgan fingerprint density at radius 3 is 2.59 bits per heavy atom. The molecule has 3 aliphatic rings. The lowest BCUT2D eigenvalue weighted by atomic mass is 9.82. The molecule has 0 radical (unpaired) electrons. The molecule has 0 aromatic carbocycles. The summed E-state index contributed by atoms with van der Waals surface area (Å²) >= 11 is 0. The van der Waals surface area contributed by atoms with Crippen molar-refractivity contribution >= 4 is 0 Å². The molecule has 2 N–H and O–H groups in total. The highest BCUT2D eigenvalue weighted by molar-refractivity contribution is 5.22. The molecule has 0 aromatic rings. The molecule has 3 fully saturated rings. The van der Waals surface area contributed by atoms with Gasteiger partial charge in [-0.2, -0.15) is 0 Å². The number of hydrogen-bond acceptors (Lipinski definition) is 3. The maximum Gasteiger partial charge on any atom is 0.0763 e. The van der Waals surface area contributed by atoms with Crippen LogP contribution in [-0.2, 0) is 9.47 Å². The Bertz CT molecular complexity index is 313. The SMILES string of the molecule is NC1CCC(=C2CCOC3(CCOCC3)C2)C1.